The first-order valence-corrected chi connectivity index (χ1v) is 11.3. The SMILES string of the molecule is CCN(C(=S)N[C@H](Cc1ccccc1)C(=O)N[C@@H](CC(C)C)C(=O)OC)c1ccccc1. The standard InChI is InChI=1S/C25H33N3O3S/c1-5-28(20-14-10-7-11-15-20)25(32)27-21(17-19-12-8-6-9-13-19)23(29)26-22(16-18(2)3)24(30)31-4/h6-15,18,21-22H,5,16-17H2,1-4H3,(H,26,29)(H,27,32)/t21-,22+/m1/s1. The molecule has 0 bridgehead atoms. The van der Waals surface area contributed by atoms with Gasteiger partial charge < -0.3 is 20.3 Å². The van der Waals surface area contributed by atoms with E-state index in [2.05, 4.69) is 10.6 Å². The van der Waals surface area contributed by atoms with E-state index in [9.17, 15) is 9.59 Å². The second-order valence-corrected chi connectivity index (χ2v) is 8.37. The van der Waals surface area contributed by atoms with Gasteiger partial charge in [0.15, 0.2) is 5.11 Å². The second-order valence-electron chi connectivity index (χ2n) is 7.99. The summed E-state index contributed by atoms with van der Waals surface area (Å²) in [5.74, 6) is -0.529. The molecule has 1 amide bonds. The van der Waals surface area contributed by atoms with Crippen molar-refractivity contribution < 1.29 is 14.3 Å². The third-order valence-electron chi connectivity index (χ3n) is 5.04. The summed E-state index contributed by atoms with van der Waals surface area (Å²) in [7, 11) is 1.33. The number of rotatable bonds is 10. The van der Waals surface area contributed by atoms with Crippen LogP contribution in [0, 0.1) is 5.92 Å². The smallest absolute Gasteiger partial charge is 0.328 e. The van der Waals surface area contributed by atoms with Crippen molar-refractivity contribution in [3.63, 3.8) is 0 Å². The van der Waals surface area contributed by atoms with Gasteiger partial charge in [0.2, 0.25) is 5.91 Å². The van der Waals surface area contributed by atoms with Crippen molar-refractivity contribution in [3.05, 3.63) is 66.2 Å². The van der Waals surface area contributed by atoms with Crippen LogP contribution in [-0.2, 0) is 20.7 Å². The van der Waals surface area contributed by atoms with Gasteiger partial charge in [0, 0.05) is 18.7 Å². The summed E-state index contributed by atoms with van der Waals surface area (Å²) in [6.45, 7) is 6.64. The van der Waals surface area contributed by atoms with Crippen molar-refractivity contribution in [2.24, 2.45) is 5.92 Å². The van der Waals surface area contributed by atoms with Gasteiger partial charge >= 0.3 is 5.97 Å². The highest BCUT2D eigenvalue weighted by Gasteiger charge is 2.28. The molecule has 0 unspecified atom stereocenters. The number of nitrogens with zero attached hydrogens (tertiary/aromatic N) is 1. The number of ether oxygens (including phenoxy) is 1. The number of thiocarbonyl (C=S) groups is 1. The van der Waals surface area contributed by atoms with Crippen LogP contribution in [0.1, 0.15) is 32.8 Å². The average Bonchev–Trinajstić information content (AvgIpc) is 2.79. The van der Waals surface area contributed by atoms with Crippen molar-refractivity contribution in [2.45, 2.75) is 45.7 Å². The highest BCUT2D eigenvalue weighted by Crippen LogP contribution is 2.14. The molecule has 2 aromatic carbocycles. The van der Waals surface area contributed by atoms with E-state index in [4.69, 9.17) is 17.0 Å². The molecule has 0 aliphatic heterocycles. The number of methoxy groups -OCH3 is 1. The van der Waals surface area contributed by atoms with Crippen molar-refractivity contribution in [3.8, 4) is 0 Å². The number of nitrogens with one attached hydrogen (secondary N) is 2. The zero-order chi connectivity index (χ0) is 23.5. The Morgan fingerprint density at radius 3 is 2.09 bits per heavy atom. The van der Waals surface area contributed by atoms with Gasteiger partial charge in [0.1, 0.15) is 12.1 Å². The molecule has 2 rings (SSSR count). The Balaban J connectivity index is 2.23. The van der Waals surface area contributed by atoms with Gasteiger partial charge in [-0.2, -0.15) is 0 Å². The van der Waals surface area contributed by atoms with Crippen molar-refractivity contribution in [2.75, 3.05) is 18.6 Å². The van der Waals surface area contributed by atoms with Gasteiger partial charge in [-0.15, -0.1) is 0 Å². The molecule has 6 nitrogen and oxygen atoms in total. The minimum Gasteiger partial charge on any atom is -0.467 e. The summed E-state index contributed by atoms with van der Waals surface area (Å²) in [6, 6.07) is 18.1. The lowest BCUT2D eigenvalue weighted by molar-refractivity contribution is -0.145. The van der Waals surface area contributed by atoms with Crippen LogP contribution in [0.5, 0.6) is 0 Å². The second kappa shape index (κ2) is 12.8. The maximum Gasteiger partial charge on any atom is 0.328 e. The van der Waals surface area contributed by atoms with Crippen LogP contribution >= 0.6 is 12.2 Å². The van der Waals surface area contributed by atoms with E-state index in [1.807, 2.05) is 86.3 Å². The van der Waals surface area contributed by atoms with Crippen molar-refractivity contribution in [1.29, 1.82) is 0 Å². The summed E-state index contributed by atoms with van der Waals surface area (Å²) in [4.78, 5) is 27.5. The molecule has 0 saturated heterocycles. The molecule has 0 aliphatic rings. The van der Waals surface area contributed by atoms with Gasteiger partial charge in [-0.1, -0.05) is 62.4 Å². The summed E-state index contributed by atoms with van der Waals surface area (Å²) >= 11 is 5.67. The molecule has 172 valence electrons. The van der Waals surface area contributed by atoms with Crippen LogP contribution in [0.4, 0.5) is 5.69 Å². The molecular weight excluding hydrogens is 422 g/mol. The van der Waals surface area contributed by atoms with E-state index < -0.39 is 18.1 Å². The molecule has 0 spiro atoms. The van der Waals surface area contributed by atoms with E-state index in [-0.39, 0.29) is 11.8 Å². The maximum atomic E-state index is 13.3. The maximum absolute atomic E-state index is 13.3. The van der Waals surface area contributed by atoms with E-state index >= 15 is 0 Å². The Hall–Kier alpha value is -2.93. The fourth-order valence-corrected chi connectivity index (χ4v) is 3.81. The quantitative estimate of drug-likeness (QED) is 0.421. The van der Waals surface area contributed by atoms with Crippen LogP contribution in [0.3, 0.4) is 0 Å². The Morgan fingerprint density at radius 2 is 1.56 bits per heavy atom. The van der Waals surface area contributed by atoms with E-state index in [1.165, 1.54) is 7.11 Å². The minimum atomic E-state index is -0.711. The lowest BCUT2D eigenvalue weighted by Crippen LogP contribution is -2.55. The number of hydrogen-bond acceptors (Lipinski definition) is 4. The van der Waals surface area contributed by atoms with Crippen molar-refractivity contribution in [1.82, 2.24) is 10.6 Å². The predicted molar refractivity (Wildman–Crippen MR) is 133 cm³/mol. The molecule has 7 heteroatoms. The van der Waals surface area contributed by atoms with Crippen LogP contribution in [-0.4, -0.2) is 42.7 Å². The zero-order valence-corrected chi connectivity index (χ0v) is 20.0. The fourth-order valence-electron chi connectivity index (χ4n) is 3.44. The van der Waals surface area contributed by atoms with Gasteiger partial charge in [-0.3, -0.25) is 4.79 Å². The minimum absolute atomic E-state index is 0.217. The third-order valence-corrected chi connectivity index (χ3v) is 5.37. The Kier molecular flexibility index (Phi) is 10.1. The van der Waals surface area contributed by atoms with Gasteiger partial charge in [-0.25, -0.2) is 4.79 Å². The number of hydrogen-bond donors (Lipinski definition) is 2. The van der Waals surface area contributed by atoms with Gasteiger partial charge in [-0.05, 0) is 49.2 Å². The Bertz CT molecular complexity index is 875. The number of anilines is 1. The highest BCUT2D eigenvalue weighted by atomic mass is 32.1. The number of para-hydroxylation sites is 1. The summed E-state index contributed by atoms with van der Waals surface area (Å²) in [5, 5.41) is 6.54. The third kappa shape index (κ3) is 7.64. The summed E-state index contributed by atoms with van der Waals surface area (Å²) in [5.41, 5.74) is 1.93. The molecule has 2 atom stereocenters. The molecule has 0 heterocycles. The molecule has 0 aromatic heterocycles. The van der Waals surface area contributed by atoms with E-state index in [1.54, 1.807) is 0 Å². The normalized spacial score (nSPS) is 12.5. The molecule has 32 heavy (non-hydrogen) atoms. The number of amides is 1. The topological polar surface area (TPSA) is 70.7 Å². The first kappa shape index (κ1) is 25.3. The predicted octanol–water partition coefficient (Wildman–Crippen LogP) is 3.70. The van der Waals surface area contributed by atoms with E-state index in [0.717, 1.165) is 11.3 Å². The molecule has 0 fully saturated rings. The summed E-state index contributed by atoms with van der Waals surface area (Å²) < 4.78 is 4.90. The first-order chi connectivity index (χ1) is 15.3. The fraction of sp³-hybridized carbons (Fsp3) is 0.400. The Labute approximate surface area is 196 Å². The van der Waals surface area contributed by atoms with Crippen LogP contribution in [0.15, 0.2) is 60.7 Å². The lowest BCUT2D eigenvalue weighted by Gasteiger charge is -2.29. The first-order valence-electron chi connectivity index (χ1n) is 10.9. The van der Waals surface area contributed by atoms with Gasteiger partial charge in [0.05, 0.1) is 7.11 Å². The number of esters is 1. The summed E-state index contributed by atoms with van der Waals surface area (Å²) in [6.07, 6.45) is 0.917. The number of carbonyl (C=O) groups excluding carboxylic acids is 2. The molecule has 0 radical (unpaired) electrons. The molecule has 0 saturated carbocycles. The van der Waals surface area contributed by atoms with Crippen molar-refractivity contribution >= 4 is 34.9 Å². The molecule has 2 N–H and O–H groups in total. The zero-order valence-electron chi connectivity index (χ0n) is 19.2. The molecule has 0 aliphatic carbocycles. The lowest BCUT2D eigenvalue weighted by atomic mass is 10.0. The average molecular weight is 456 g/mol. The Morgan fingerprint density at radius 1 is 0.969 bits per heavy atom. The molecule has 2 aromatic rings. The van der Waals surface area contributed by atoms with E-state index in [0.29, 0.717) is 24.5 Å². The van der Waals surface area contributed by atoms with Crippen LogP contribution in [0.2, 0.25) is 0 Å². The largest absolute Gasteiger partial charge is 0.467 e. The van der Waals surface area contributed by atoms with Crippen LogP contribution in [0.25, 0.3) is 0 Å². The number of benzene rings is 2. The van der Waals surface area contributed by atoms with Crippen LogP contribution < -0.4 is 15.5 Å². The number of carbonyl (C=O) groups is 2. The highest BCUT2D eigenvalue weighted by molar-refractivity contribution is 7.80. The monoisotopic (exact) mass is 455 g/mol. The molecular formula is C25H33N3O3S. The van der Waals surface area contributed by atoms with Gasteiger partial charge in [0.25, 0.3) is 0 Å².